The number of carbonyl (C=O) groups is 2. The molecule has 0 aliphatic rings. The van der Waals surface area contributed by atoms with Gasteiger partial charge in [0.2, 0.25) is 0 Å². The van der Waals surface area contributed by atoms with E-state index in [2.05, 4.69) is 10.0 Å². The van der Waals surface area contributed by atoms with Crippen molar-refractivity contribution in [1.29, 1.82) is 0 Å². The molecule has 10 heteroatoms. The Kier molecular flexibility index (Phi) is 6.84. The second kappa shape index (κ2) is 9.38. The van der Waals surface area contributed by atoms with Crippen LogP contribution in [0.15, 0.2) is 71.6 Å². The molecular weight excluding hydrogens is 463 g/mol. The molecule has 0 aliphatic carbocycles. The summed E-state index contributed by atoms with van der Waals surface area (Å²) in [6, 6.07) is 16.0. The molecule has 0 atom stereocenters. The zero-order valence-electron chi connectivity index (χ0n) is 15.8. The third-order valence-electron chi connectivity index (χ3n) is 4.23. The summed E-state index contributed by atoms with van der Waals surface area (Å²) in [7, 11) is -3.93. The van der Waals surface area contributed by atoms with E-state index in [1.165, 1.54) is 42.5 Å². The fourth-order valence-electron chi connectivity index (χ4n) is 2.63. The number of carbonyl (C=O) groups excluding carboxylic acids is 1. The first-order valence-corrected chi connectivity index (χ1v) is 11.1. The molecule has 7 nitrogen and oxygen atoms in total. The topological polar surface area (TPSA) is 113 Å². The van der Waals surface area contributed by atoms with Crippen LogP contribution in [-0.2, 0) is 16.6 Å². The number of hydrogen-bond donors (Lipinski definition) is 3. The van der Waals surface area contributed by atoms with Gasteiger partial charge in [0.25, 0.3) is 15.9 Å². The van der Waals surface area contributed by atoms with Gasteiger partial charge in [-0.05, 0) is 54.1 Å². The maximum atomic E-state index is 12.6. The number of carboxylic acids is 1. The Morgan fingerprint density at radius 2 is 1.58 bits per heavy atom. The lowest BCUT2D eigenvalue weighted by molar-refractivity contribution is 0.0696. The van der Waals surface area contributed by atoms with Crippen LogP contribution < -0.4 is 10.0 Å². The Hall–Kier alpha value is -3.07. The Balaban J connectivity index is 1.69. The average Bonchev–Trinajstić information content (AvgIpc) is 2.74. The van der Waals surface area contributed by atoms with Crippen molar-refractivity contribution in [2.24, 2.45) is 0 Å². The molecule has 31 heavy (non-hydrogen) atoms. The minimum atomic E-state index is -3.93. The van der Waals surface area contributed by atoms with E-state index in [0.29, 0.717) is 0 Å². The van der Waals surface area contributed by atoms with Gasteiger partial charge < -0.3 is 10.4 Å². The highest BCUT2D eigenvalue weighted by Crippen LogP contribution is 2.26. The standard InChI is InChI=1S/C21H16Cl2N2O5S/c22-18-9-8-17(11-19(18)23)31(29,30)25-16-3-1-2-15(10-16)20(26)24-12-13-4-6-14(7-5-13)21(27)28/h1-11,25H,12H2,(H,24,26)(H,27,28). The van der Waals surface area contributed by atoms with Crippen LogP contribution in [0.4, 0.5) is 5.69 Å². The third kappa shape index (κ3) is 5.75. The van der Waals surface area contributed by atoms with Crippen molar-refractivity contribution in [2.75, 3.05) is 4.72 Å². The number of sulfonamides is 1. The van der Waals surface area contributed by atoms with Crippen molar-refractivity contribution in [1.82, 2.24) is 5.32 Å². The number of rotatable bonds is 7. The van der Waals surface area contributed by atoms with Gasteiger partial charge in [-0.3, -0.25) is 9.52 Å². The fraction of sp³-hybridized carbons (Fsp3) is 0.0476. The van der Waals surface area contributed by atoms with Crippen LogP contribution in [0.3, 0.4) is 0 Å². The van der Waals surface area contributed by atoms with Gasteiger partial charge in [0.15, 0.2) is 0 Å². The summed E-state index contributed by atoms with van der Waals surface area (Å²) < 4.78 is 27.6. The van der Waals surface area contributed by atoms with Crippen LogP contribution in [0, 0.1) is 0 Å². The van der Waals surface area contributed by atoms with E-state index >= 15 is 0 Å². The Morgan fingerprint density at radius 3 is 2.23 bits per heavy atom. The number of aromatic carboxylic acids is 1. The minimum absolute atomic E-state index is 0.0680. The maximum absolute atomic E-state index is 12.6. The van der Waals surface area contributed by atoms with E-state index < -0.39 is 21.9 Å². The van der Waals surface area contributed by atoms with Gasteiger partial charge in [0, 0.05) is 17.8 Å². The predicted molar refractivity (Wildman–Crippen MR) is 118 cm³/mol. The molecule has 0 heterocycles. The van der Waals surface area contributed by atoms with Crippen molar-refractivity contribution in [2.45, 2.75) is 11.4 Å². The first-order valence-electron chi connectivity index (χ1n) is 8.84. The monoisotopic (exact) mass is 478 g/mol. The van der Waals surface area contributed by atoms with Gasteiger partial charge in [0.05, 0.1) is 20.5 Å². The molecule has 0 aromatic heterocycles. The summed E-state index contributed by atoms with van der Waals surface area (Å²) in [5, 5.41) is 12.0. The van der Waals surface area contributed by atoms with Crippen molar-refractivity contribution in [3.63, 3.8) is 0 Å². The SMILES string of the molecule is O=C(O)c1ccc(CNC(=O)c2cccc(NS(=O)(=O)c3ccc(Cl)c(Cl)c3)c2)cc1. The van der Waals surface area contributed by atoms with Crippen LogP contribution in [0.1, 0.15) is 26.3 Å². The highest BCUT2D eigenvalue weighted by Gasteiger charge is 2.16. The van der Waals surface area contributed by atoms with E-state index in [4.69, 9.17) is 28.3 Å². The van der Waals surface area contributed by atoms with Crippen LogP contribution >= 0.6 is 23.2 Å². The molecule has 1 amide bonds. The largest absolute Gasteiger partial charge is 0.478 e. The van der Waals surface area contributed by atoms with Crippen molar-refractivity contribution in [3.05, 3.63) is 93.5 Å². The molecule has 3 rings (SSSR count). The van der Waals surface area contributed by atoms with E-state index in [1.54, 1.807) is 24.3 Å². The zero-order chi connectivity index (χ0) is 22.6. The lowest BCUT2D eigenvalue weighted by atomic mass is 10.1. The lowest BCUT2D eigenvalue weighted by Gasteiger charge is -2.11. The maximum Gasteiger partial charge on any atom is 0.335 e. The normalized spacial score (nSPS) is 11.0. The molecular formula is C21H16Cl2N2O5S. The van der Waals surface area contributed by atoms with E-state index in [9.17, 15) is 18.0 Å². The molecule has 3 aromatic rings. The van der Waals surface area contributed by atoms with Gasteiger partial charge in [-0.25, -0.2) is 13.2 Å². The van der Waals surface area contributed by atoms with Gasteiger partial charge in [-0.1, -0.05) is 41.4 Å². The summed E-state index contributed by atoms with van der Waals surface area (Å²) in [5.41, 5.74) is 1.31. The van der Waals surface area contributed by atoms with Crippen molar-refractivity contribution < 1.29 is 23.1 Å². The minimum Gasteiger partial charge on any atom is -0.478 e. The first kappa shape index (κ1) is 22.6. The molecule has 0 unspecified atom stereocenters. The summed E-state index contributed by atoms with van der Waals surface area (Å²) in [5.74, 6) is -1.45. The summed E-state index contributed by atoms with van der Waals surface area (Å²) >= 11 is 11.7. The molecule has 0 radical (unpaired) electrons. The fourth-order valence-corrected chi connectivity index (χ4v) is 4.07. The van der Waals surface area contributed by atoms with E-state index in [0.717, 1.165) is 5.56 Å². The van der Waals surface area contributed by atoms with Crippen molar-refractivity contribution >= 4 is 50.8 Å². The van der Waals surface area contributed by atoms with E-state index in [1.807, 2.05) is 0 Å². The second-order valence-electron chi connectivity index (χ2n) is 6.45. The van der Waals surface area contributed by atoms with Crippen LogP contribution in [0.25, 0.3) is 0 Å². The van der Waals surface area contributed by atoms with Crippen LogP contribution in [0.2, 0.25) is 10.0 Å². The molecule has 0 saturated carbocycles. The Bertz CT molecular complexity index is 1240. The summed E-state index contributed by atoms with van der Waals surface area (Å²) in [6.45, 7) is 0.179. The third-order valence-corrected chi connectivity index (χ3v) is 6.35. The highest BCUT2D eigenvalue weighted by molar-refractivity contribution is 7.92. The molecule has 0 fully saturated rings. The molecule has 0 spiro atoms. The molecule has 0 bridgehead atoms. The van der Waals surface area contributed by atoms with Gasteiger partial charge >= 0.3 is 5.97 Å². The van der Waals surface area contributed by atoms with Crippen LogP contribution in [0.5, 0.6) is 0 Å². The number of amides is 1. The second-order valence-corrected chi connectivity index (χ2v) is 8.94. The quantitative estimate of drug-likeness (QED) is 0.465. The molecule has 0 saturated heterocycles. The predicted octanol–water partition coefficient (Wildman–Crippen LogP) is 4.42. The number of carboxylic acid groups (broad SMARTS) is 1. The first-order chi connectivity index (χ1) is 14.7. The summed E-state index contributed by atoms with van der Waals surface area (Å²) in [6.07, 6.45) is 0. The van der Waals surface area contributed by atoms with Gasteiger partial charge in [-0.2, -0.15) is 0 Å². The molecule has 3 N–H and O–H groups in total. The van der Waals surface area contributed by atoms with Crippen molar-refractivity contribution in [3.8, 4) is 0 Å². The number of anilines is 1. The number of halogens is 2. The average molecular weight is 479 g/mol. The number of benzene rings is 3. The number of nitrogens with one attached hydrogen (secondary N) is 2. The zero-order valence-corrected chi connectivity index (χ0v) is 18.1. The highest BCUT2D eigenvalue weighted by atomic mass is 35.5. The Morgan fingerprint density at radius 1 is 0.871 bits per heavy atom. The Labute approximate surface area is 188 Å². The lowest BCUT2D eigenvalue weighted by Crippen LogP contribution is -2.23. The smallest absolute Gasteiger partial charge is 0.335 e. The summed E-state index contributed by atoms with van der Waals surface area (Å²) in [4.78, 5) is 23.3. The van der Waals surface area contributed by atoms with E-state index in [-0.39, 0.29) is 38.3 Å². The molecule has 3 aromatic carbocycles. The molecule has 160 valence electrons. The van der Waals surface area contributed by atoms with Gasteiger partial charge in [0.1, 0.15) is 0 Å². The molecule has 0 aliphatic heterocycles. The number of hydrogen-bond acceptors (Lipinski definition) is 4. The van der Waals surface area contributed by atoms with Crippen LogP contribution in [-0.4, -0.2) is 25.4 Å². The van der Waals surface area contributed by atoms with Gasteiger partial charge in [-0.15, -0.1) is 0 Å².